The number of nitro benzene ring substituents is 1. The number of rotatable bonds is 5. The summed E-state index contributed by atoms with van der Waals surface area (Å²) in [6.07, 6.45) is 8.45. The van der Waals surface area contributed by atoms with Gasteiger partial charge in [0.2, 0.25) is 5.91 Å². The molecule has 4 atom stereocenters. The van der Waals surface area contributed by atoms with E-state index in [2.05, 4.69) is 12.2 Å². The van der Waals surface area contributed by atoms with Crippen LogP contribution >= 0.6 is 0 Å². The molecule has 0 aliphatic heterocycles. The van der Waals surface area contributed by atoms with Crippen molar-refractivity contribution in [3.05, 3.63) is 46.0 Å². The lowest BCUT2D eigenvalue weighted by Gasteiger charge is -2.28. The normalized spacial score (nSPS) is 27.3. The fraction of sp³-hybridized carbons (Fsp3) is 0.500. The molecule has 2 saturated carbocycles. The maximum absolute atomic E-state index is 12.1. The molecule has 0 aromatic heterocycles. The van der Waals surface area contributed by atoms with Crippen LogP contribution in [-0.4, -0.2) is 16.9 Å². The molecule has 0 radical (unpaired) electrons. The molecule has 2 bridgehead atoms. The molecule has 0 heterocycles. The van der Waals surface area contributed by atoms with Gasteiger partial charge in [0.25, 0.3) is 5.69 Å². The van der Waals surface area contributed by atoms with Crippen molar-refractivity contribution in [1.29, 1.82) is 0 Å². The summed E-state index contributed by atoms with van der Waals surface area (Å²) in [5, 5.41) is 13.7. The maximum atomic E-state index is 12.1. The minimum absolute atomic E-state index is 0.0523. The van der Waals surface area contributed by atoms with Gasteiger partial charge in [-0.3, -0.25) is 14.9 Å². The molecule has 5 nitrogen and oxygen atoms in total. The number of hydrogen-bond donors (Lipinski definition) is 1. The number of fused-ring (bicyclic) bond motifs is 2. The molecular formula is C18H22N2O3. The third-order valence-corrected chi connectivity index (χ3v) is 5.34. The van der Waals surface area contributed by atoms with E-state index in [0.29, 0.717) is 5.92 Å². The molecule has 1 aromatic rings. The van der Waals surface area contributed by atoms with Crippen LogP contribution in [0.5, 0.6) is 0 Å². The van der Waals surface area contributed by atoms with Crippen molar-refractivity contribution in [3.63, 3.8) is 0 Å². The first kappa shape index (κ1) is 15.7. The second-order valence-electron chi connectivity index (χ2n) is 6.82. The topological polar surface area (TPSA) is 72.2 Å². The first-order valence-corrected chi connectivity index (χ1v) is 8.26. The van der Waals surface area contributed by atoms with E-state index in [1.807, 2.05) is 0 Å². The van der Waals surface area contributed by atoms with Crippen molar-refractivity contribution in [3.8, 4) is 0 Å². The molecule has 1 aromatic carbocycles. The third-order valence-electron chi connectivity index (χ3n) is 5.34. The van der Waals surface area contributed by atoms with Crippen LogP contribution in [0.15, 0.2) is 30.3 Å². The summed E-state index contributed by atoms with van der Waals surface area (Å²) in [6, 6.07) is 6.37. The van der Waals surface area contributed by atoms with Crippen LogP contribution in [0.4, 0.5) is 5.69 Å². The van der Waals surface area contributed by atoms with Gasteiger partial charge in [0, 0.05) is 24.3 Å². The van der Waals surface area contributed by atoms with E-state index >= 15 is 0 Å². The summed E-state index contributed by atoms with van der Waals surface area (Å²) < 4.78 is 0. The second-order valence-corrected chi connectivity index (χ2v) is 6.82. The molecule has 2 aliphatic carbocycles. The first-order valence-electron chi connectivity index (χ1n) is 8.26. The van der Waals surface area contributed by atoms with Crippen molar-refractivity contribution in [2.24, 2.45) is 17.8 Å². The highest BCUT2D eigenvalue weighted by Crippen LogP contribution is 2.49. The number of hydrogen-bond acceptors (Lipinski definition) is 3. The van der Waals surface area contributed by atoms with Gasteiger partial charge in [0.15, 0.2) is 0 Å². The Kier molecular flexibility index (Phi) is 4.46. The number of nitrogens with one attached hydrogen (secondary N) is 1. The summed E-state index contributed by atoms with van der Waals surface area (Å²) in [5.74, 6) is 2.18. The van der Waals surface area contributed by atoms with E-state index in [9.17, 15) is 14.9 Å². The molecule has 2 aliphatic rings. The van der Waals surface area contributed by atoms with Gasteiger partial charge in [-0.1, -0.05) is 6.42 Å². The number of benzene rings is 1. The minimum Gasteiger partial charge on any atom is -0.350 e. The third kappa shape index (κ3) is 3.60. The van der Waals surface area contributed by atoms with Crippen molar-refractivity contribution < 1.29 is 9.72 Å². The summed E-state index contributed by atoms with van der Waals surface area (Å²) in [7, 11) is 0. The molecule has 4 unspecified atom stereocenters. The lowest BCUT2D eigenvalue weighted by Crippen LogP contribution is -2.39. The van der Waals surface area contributed by atoms with Crippen LogP contribution in [0.1, 0.15) is 38.2 Å². The molecule has 0 saturated heterocycles. The summed E-state index contributed by atoms with van der Waals surface area (Å²) in [4.78, 5) is 22.2. The Bertz CT molecular complexity index is 624. The molecule has 1 N–H and O–H groups in total. The monoisotopic (exact) mass is 314 g/mol. The van der Waals surface area contributed by atoms with E-state index < -0.39 is 4.92 Å². The summed E-state index contributed by atoms with van der Waals surface area (Å²) >= 11 is 0. The largest absolute Gasteiger partial charge is 0.350 e. The standard InChI is InChI=1S/C18H22N2O3/c1-12(17-11-14-2-6-15(17)10-14)19-18(21)9-5-13-3-7-16(8-4-13)20(22)23/h3-5,7-9,12,14-15,17H,2,6,10-11H2,1H3,(H,19,21)/b9-5+. The summed E-state index contributed by atoms with van der Waals surface area (Å²) in [6.45, 7) is 2.10. The fourth-order valence-corrected chi connectivity index (χ4v) is 4.16. The highest BCUT2D eigenvalue weighted by atomic mass is 16.6. The number of nitro groups is 1. The first-order chi connectivity index (χ1) is 11.0. The molecule has 5 heteroatoms. The predicted octanol–water partition coefficient (Wildman–Crippen LogP) is 3.55. The Hall–Kier alpha value is -2.17. The quantitative estimate of drug-likeness (QED) is 0.513. The van der Waals surface area contributed by atoms with Crippen molar-refractivity contribution in [2.75, 3.05) is 0 Å². The van der Waals surface area contributed by atoms with E-state index in [1.54, 1.807) is 18.2 Å². The van der Waals surface area contributed by atoms with Crippen LogP contribution < -0.4 is 5.32 Å². The number of carbonyl (C=O) groups excluding carboxylic acids is 1. The van der Waals surface area contributed by atoms with Gasteiger partial charge >= 0.3 is 0 Å². The van der Waals surface area contributed by atoms with Crippen molar-refractivity contribution >= 4 is 17.7 Å². The fourth-order valence-electron chi connectivity index (χ4n) is 4.16. The molecule has 1 amide bonds. The zero-order valence-corrected chi connectivity index (χ0v) is 13.3. The Labute approximate surface area is 135 Å². The lowest BCUT2D eigenvalue weighted by molar-refractivity contribution is -0.384. The lowest BCUT2D eigenvalue weighted by atomic mass is 9.84. The van der Waals surface area contributed by atoms with Gasteiger partial charge < -0.3 is 5.32 Å². The van der Waals surface area contributed by atoms with Crippen LogP contribution in [-0.2, 0) is 4.79 Å². The molecular weight excluding hydrogens is 292 g/mol. The van der Waals surface area contributed by atoms with Crippen LogP contribution in [0, 0.1) is 27.9 Å². The van der Waals surface area contributed by atoms with Gasteiger partial charge in [-0.15, -0.1) is 0 Å². The Morgan fingerprint density at radius 2 is 2.04 bits per heavy atom. The van der Waals surface area contributed by atoms with Crippen molar-refractivity contribution in [2.45, 2.75) is 38.6 Å². The van der Waals surface area contributed by atoms with Gasteiger partial charge in [0.05, 0.1) is 4.92 Å². The molecule has 23 heavy (non-hydrogen) atoms. The van der Waals surface area contributed by atoms with Crippen LogP contribution in [0.2, 0.25) is 0 Å². The molecule has 3 rings (SSSR count). The average Bonchev–Trinajstić information content (AvgIpc) is 3.16. The zero-order valence-electron chi connectivity index (χ0n) is 13.3. The average molecular weight is 314 g/mol. The zero-order chi connectivity index (χ0) is 16.4. The predicted molar refractivity (Wildman–Crippen MR) is 88.7 cm³/mol. The summed E-state index contributed by atoms with van der Waals surface area (Å²) in [5.41, 5.74) is 0.829. The van der Waals surface area contributed by atoms with Gasteiger partial charge in [-0.05, 0) is 67.7 Å². The van der Waals surface area contributed by atoms with Gasteiger partial charge in [-0.2, -0.15) is 0 Å². The van der Waals surface area contributed by atoms with E-state index in [1.165, 1.54) is 43.9 Å². The highest BCUT2D eigenvalue weighted by Gasteiger charge is 2.41. The van der Waals surface area contributed by atoms with E-state index in [0.717, 1.165) is 17.4 Å². The smallest absolute Gasteiger partial charge is 0.269 e. The van der Waals surface area contributed by atoms with E-state index in [4.69, 9.17) is 0 Å². The van der Waals surface area contributed by atoms with Gasteiger partial charge in [0.1, 0.15) is 0 Å². The molecule has 0 spiro atoms. The SMILES string of the molecule is CC(NC(=O)/C=C/c1ccc([N+](=O)[O-])cc1)C1CC2CCC1C2. The number of nitrogens with zero attached hydrogens (tertiary/aromatic N) is 1. The second kappa shape index (κ2) is 6.52. The van der Waals surface area contributed by atoms with Crippen molar-refractivity contribution in [1.82, 2.24) is 5.32 Å². The molecule has 122 valence electrons. The molecule has 2 fully saturated rings. The maximum Gasteiger partial charge on any atom is 0.269 e. The number of non-ortho nitro benzene ring substituents is 1. The number of amides is 1. The van der Waals surface area contributed by atoms with Gasteiger partial charge in [-0.25, -0.2) is 0 Å². The number of carbonyl (C=O) groups is 1. The Morgan fingerprint density at radius 3 is 2.61 bits per heavy atom. The Balaban J connectivity index is 1.53. The van der Waals surface area contributed by atoms with Crippen LogP contribution in [0.25, 0.3) is 6.08 Å². The highest BCUT2D eigenvalue weighted by molar-refractivity contribution is 5.91. The minimum atomic E-state index is -0.433. The van der Waals surface area contributed by atoms with E-state index in [-0.39, 0.29) is 17.6 Å². The van der Waals surface area contributed by atoms with Crippen LogP contribution in [0.3, 0.4) is 0 Å². The Morgan fingerprint density at radius 1 is 1.30 bits per heavy atom.